The minimum Gasteiger partial charge on any atom is -0.303 e. The highest BCUT2D eigenvalue weighted by molar-refractivity contribution is 7.90. The molecular formula is C27H33ClN4O4S. The Hall–Kier alpha value is -2.62. The number of benzene rings is 2. The average Bonchev–Trinajstić information content (AvgIpc) is 3.27. The van der Waals surface area contributed by atoms with Crippen LogP contribution in [0.3, 0.4) is 0 Å². The third-order valence-electron chi connectivity index (χ3n) is 7.58. The van der Waals surface area contributed by atoms with E-state index in [9.17, 15) is 18.0 Å². The summed E-state index contributed by atoms with van der Waals surface area (Å²) in [6.45, 7) is 5.65. The van der Waals surface area contributed by atoms with Gasteiger partial charge in [-0.05, 0) is 69.0 Å². The third-order valence-corrected chi connectivity index (χ3v) is 9.65. The Balaban J connectivity index is 1.16. The molecule has 2 aliphatic heterocycles. The first-order valence-electron chi connectivity index (χ1n) is 13.1. The summed E-state index contributed by atoms with van der Waals surface area (Å²) >= 11 is 5.96. The van der Waals surface area contributed by atoms with E-state index in [4.69, 9.17) is 11.6 Å². The van der Waals surface area contributed by atoms with Crippen LogP contribution in [0.25, 0.3) is 11.0 Å². The number of halogens is 1. The van der Waals surface area contributed by atoms with Gasteiger partial charge in [-0.15, -0.1) is 0 Å². The largest absolute Gasteiger partial charge is 0.329 e. The van der Waals surface area contributed by atoms with E-state index in [0.29, 0.717) is 11.4 Å². The molecule has 0 bridgehead atoms. The predicted molar refractivity (Wildman–Crippen MR) is 145 cm³/mol. The number of nitrogens with zero attached hydrogens (tertiary/aromatic N) is 4. The number of carbonyl (C=O) groups excluding carboxylic acids is 1. The van der Waals surface area contributed by atoms with Gasteiger partial charge in [-0.25, -0.2) is 17.5 Å². The number of fused-ring (bicyclic) bond motifs is 2. The number of aryl methyl sites for hydroxylation is 1. The van der Waals surface area contributed by atoms with Gasteiger partial charge in [0.05, 0.1) is 16.6 Å². The number of hydrogen-bond acceptors (Lipinski definition) is 5. The monoisotopic (exact) mass is 544 g/mol. The van der Waals surface area contributed by atoms with E-state index in [-0.39, 0.29) is 28.7 Å². The highest BCUT2D eigenvalue weighted by Gasteiger charge is 2.40. The number of hydrogen-bond donors (Lipinski definition) is 0. The smallest absolute Gasteiger partial charge is 0.303 e. The molecule has 0 aliphatic carbocycles. The third kappa shape index (κ3) is 4.84. The number of carbonyl (C=O) groups is 1. The maximum atomic E-state index is 13.3. The minimum absolute atomic E-state index is 0.0373. The number of sulfonamides is 1. The lowest BCUT2D eigenvalue weighted by Gasteiger charge is -2.32. The van der Waals surface area contributed by atoms with Crippen molar-refractivity contribution in [3.8, 4) is 0 Å². The summed E-state index contributed by atoms with van der Waals surface area (Å²) in [5.41, 5.74) is 2.27. The molecule has 2 aromatic carbocycles. The Morgan fingerprint density at radius 2 is 1.62 bits per heavy atom. The average molecular weight is 545 g/mol. The number of piperidine rings is 1. The molecule has 1 aromatic heterocycles. The van der Waals surface area contributed by atoms with Crippen LogP contribution >= 0.6 is 11.6 Å². The Bertz CT molecular complexity index is 1470. The van der Waals surface area contributed by atoms with Gasteiger partial charge in [-0.2, -0.15) is 0 Å². The summed E-state index contributed by atoms with van der Waals surface area (Å²) in [5.74, 6) is -0.498. The van der Waals surface area contributed by atoms with Crippen LogP contribution in [0.2, 0.25) is 5.02 Å². The van der Waals surface area contributed by atoms with Gasteiger partial charge in [-0.1, -0.05) is 37.1 Å². The van der Waals surface area contributed by atoms with Crippen molar-refractivity contribution in [1.29, 1.82) is 0 Å². The Labute approximate surface area is 222 Å². The summed E-state index contributed by atoms with van der Waals surface area (Å²) in [5, 5.41) is 0.348. The van der Waals surface area contributed by atoms with Gasteiger partial charge in [0, 0.05) is 37.2 Å². The SMILES string of the molecule is CCCCn1c(=O)n(C2CCN(CCCCN3C(=O)c4cc(Cl)ccc4S3(=O)=O)CC2)c2ccccc21. The van der Waals surface area contributed by atoms with E-state index in [2.05, 4.69) is 11.8 Å². The Morgan fingerprint density at radius 1 is 0.919 bits per heavy atom. The zero-order valence-electron chi connectivity index (χ0n) is 21.1. The van der Waals surface area contributed by atoms with E-state index in [1.165, 1.54) is 18.2 Å². The minimum atomic E-state index is -3.80. The van der Waals surface area contributed by atoms with Gasteiger partial charge in [0.15, 0.2) is 0 Å². The molecule has 8 nitrogen and oxygen atoms in total. The number of para-hydroxylation sites is 2. The fourth-order valence-corrected chi connectivity index (χ4v) is 7.35. The zero-order valence-corrected chi connectivity index (χ0v) is 22.7. The molecule has 198 valence electrons. The maximum absolute atomic E-state index is 13.3. The van der Waals surface area contributed by atoms with Crippen LogP contribution in [0.5, 0.6) is 0 Å². The van der Waals surface area contributed by atoms with Gasteiger partial charge >= 0.3 is 5.69 Å². The van der Waals surface area contributed by atoms with Crippen molar-refractivity contribution in [1.82, 2.24) is 18.3 Å². The number of unbranched alkanes of at least 4 members (excludes halogenated alkanes) is 2. The normalized spacial score (nSPS) is 18.1. The molecule has 10 heteroatoms. The molecule has 5 rings (SSSR count). The molecule has 0 unspecified atom stereocenters. The second-order valence-corrected chi connectivity index (χ2v) is 12.2. The predicted octanol–water partition coefficient (Wildman–Crippen LogP) is 4.52. The molecule has 0 spiro atoms. The van der Waals surface area contributed by atoms with Crippen molar-refractivity contribution < 1.29 is 13.2 Å². The summed E-state index contributed by atoms with van der Waals surface area (Å²) in [7, 11) is -3.80. The molecule has 2 aliphatic rings. The van der Waals surface area contributed by atoms with Crippen LogP contribution in [0.15, 0.2) is 52.2 Å². The van der Waals surface area contributed by atoms with E-state index in [1.807, 2.05) is 33.4 Å². The van der Waals surface area contributed by atoms with Crippen LogP contribution in [0, 0.1) is 0 Å². The molecule has 37 heavy (non-hydrogen) atoms. The molecule has 1 saturated heterocycles. The van der Waals surface area contributed by atoms with Gasteiger partial charge in [0.1, 0.15) is 4.90 Å². The fraction of sp³-hybridized carbons (Fsp3) is 0.481. The second kappa shape index (κ2) is 10.6. The first kappa shape index (κ1) is 26.0. The lowest BCUT2D eigenvalue weighted by atomic mass is 10.0. The number of likely N-dealkylation sites (tertiary alicyclic amines) is 1. The van der Waals surface area contributed by atoms with Crippen LogP contribution in [0.4, 0.5) is 0 Å². The highest BCUT2D eigenvalue weighted by Crippen LogP contribution is 2.32. The van der Waals surface area contributed by atoms with Gasteiger partial charge in [0.2, 0.25) is 0 Å². The zero-order chi connectivity index (χ0) is 26.2. The van der Waals surface area contributed by atoms with Crippen molar-refractivity contribution in [2.24, 2.45) is 0 Å². The Morgan fingerprint density at radius 3 is 2.35 bits per heavy atom. The number of rotatable bonds is 9. The van der Waals surface area contributed by atoms with E-state index in [0.717, 1.165) is 73.6 Å². The van der Waals surface area contributed by atoms with Crippen molar-refractivity contribution in [2.75, 3.05) is 26.2 Å². The lowest BCUT2D eigenvalue weighted by Crippen LogP contribution is -2.38. The second-order valence-electron chi connectivity index (χ2n) is 9.95. The number of aromatic nitrogens is 2. The molecular weight excluding hydrogens is 512 g/mol. The summed E-state index contributed by atoms with van der Waals surface area (Å²) in [4.78, 5) is 28.4. The highest BCUT2D eigenvalue weighted by atomic mass is 35.5. The van der Waals surface area contributed by atoms with E-state index >= 15 is 0 Å². The maximum Gasteiger partial charge on any atom is 0.329 e. The summed E-state index contributed by atoms with van der Waals surface area (Å²) < 4.78 is 30.4. The van der Waals surface area contributed by atoms with Crippen LogP contribution in [0.1, 0.15) is 61.8 Å². The lowest BCUT2D eigenvalue weighted by molar-refractivity contribution is 0.0868. The first-order valence-corrected chi connectivity index (χ1v) is 14.9. The molecule has 3 aromatic rings. The van der Waals surface area contributed by atoms with Crippen LogP contribution in [-0.2, 0) is 16.6 Å². The van der Waals surface area contributed by atoms with Crippen molar-refractivity contribution in [2.45, 2.75) is 62.9 Å². The van der Waals surface area contributed by atoms with Crippen molar-refractivity contribution in [3.05, 3.63) is 63.5 Å². The molecule has 0 atom stereocenters. The van der Waals surface area contributed by atoms with Gasteiger partial charge < -0.3 is 4.90 Å². The van der Waals surface area contributed by atoms with Crippen LogP contribution in [-0.4, -0.2) is 58.8 Å². The van der Waals surface area contributed by atoms with Crippen molar-refractivity contribution >= 4 is 38.6 Å². The number of imidazole rings is 1. The molecule has 0 N–H and O–H groups in total. The molecule has 1 fully saturated rings. The van der Waals surface area contributed by atoms with E-state index < -0.39 is 15.9 Å². The van der Waals surface area contributed by atoms with Gasteiger partial charge in [-0.3, -0.25) is 13.9 Å². The fourth-order valence-electron chi connectivity index (χ4n) is 5.59. The Kier molecular flexibility index (Phi) is 7.47. The van der Waals surface area contributed by atoms with Crippen LogP contribution < -0.4 is 5.69 Å². The van der Waals surface area contributed by atoms with Crippen molar-refractivity contribution in [3.63, 3.8) is 0 Å². The standard InChI is InChI=1S/C27H33ClN4O4S/c1-2-3-15-30-23-8-4-5-9-24(23)32(27(30)34)21-12-17-29(18-13-21)14-6-7-16-31-26(33)22-19-20(28)10-11-25(22)37(31,35)36/h4-5,8-11,19,21H,2-3,6-7,12-18H2,1H3. The first-order chi connectivity index (χ1) is 17.8. The van der Waals surface area contributed by atoms with E-state index in [1.54, 1.807) is 0 Å². The number of amides is 1. The summed E-state index contributed by atoms with van der Waals surface area (Å²) in [6.07, 6.45) is 5.21. The molecule has 0 radical (unpaired) electrons. The molecule has 0 saturated carbocycles. The molecule has 3 heterocycles. The summed E-state index contributed by atoms with van der Waals surface area (Å²) in [6, 6.07) is 12.6. The quantitative estimate of drug-likeness (QED) is 0.370. The topological polar surface area (TPSA) is 84.6 Å². The molecule has 1 amide bonds. The van der Waals surface area contributed by atoms with Gasteiger partial charge in [0.25, 0.3) is 15.9 Å².